The van der Waals surface area contributed by atoms with Crippen molar-refractivity contribution in [3.05, 3.63) is 40.0 Å². The van der Waals surface area contributed by atoms with Gasteiger partial charge in [0.2, 0.25) is 5.88 Å². The van der Waals surface area contributed by atoms with Crippen LogP contribution in [-0.2, 0) is 13.2 Å². The van der Waals surface area contributed by atoms with E-state index < -0.39 is 0 Å². The lowest BCUT2D eigenvalue weighted by atomic mass is 10.3. The number of aliphatic hydroxyl groups excluding tert-OH is 1. The summed E-state index contributed by atoms with van der Waals surface area (Å²) in [6.45, 7) is 2.53. The highest BCUT2D eigenvalue weighted by Gasteiger charge is 2.07. The summed E-state index contributed by atoms with van der Waals surface area (Å²) in [6, 6.07) is 1.96. The zero-order valence-electron chi connectivity index (χ0n) is 10.2. The number of ether oxygens (including phenoxy) is 1. The van der Waals surface area contributed by atoms with E-state index in [4.69, 9.17) is 9.84 Å². The molecule has 0 radical (unpaired) electrons. The first-order valence-corrected chi connectivity index (χ1v) is 6.25. The Labute approximate surface area is 114 Å². The minimum absolute atomic E-state index is 0.0433. The normalized spacial score (nSPS) is 10.7. The van der Waals surface area contributed by atoms with E-state index in [0.29, 0.717) is 18.1 Å². The third kappa shape index (κ3) is 2.70. The van der Waals surface area contributed by atoms with Gasteiger partial charge < -0.3 is 14.4 Å². The van der Waals surface area contributed by atoms with E-state index in [-0.39, 0.29) is 6.61 Å². The molecule has 0 unspecified atom stereocenters. The number of rotatable bonds is 4. The molecule has 0 aliphatic carbocycles. The molecule has 96 valence electrons. The Kier molecular flexibility index (Phi) is 3.98. The van der Waals surface area contributed by atoms with Gasteiger partial charge in [-0.1, -0.05) is 0 Å². The van der Waals surface area contributed by atoms with Crippen LogP contribution in [0.1, 0.15) is 17.1 Å². The average Bonchev–Trinajstić information content (AvgIpc) is 2.70. The quantitative estimate of drug-likeness (QED) is 0.937. The van der Waals surface area contributed by atoms with E-state index in [2.05, 4.69) is 25.9 Å². The van der Waals surface area contributed by atoms with Crippen LogP contribution in [0.15, 0.2) is 22.9 Å². The molecule has 5 nitrogen and oxygen atoms in total. The standard InChI is InChI=1S/C12H14BrN3O2/c1-8-15-10(7-17)6-16(8)5-9-3-11(13)12(18-2)14-4-9/h3-4,6,17H,5,7H2,1-2H3. The summed E-state index contributed by atoms with van der Waals surface area (Å²) >= 11 is 3.41. The van der Waals surface area contributed by atoms with Crippen molar-refractivity contribution in [3.8, 4) is 5.88 Å². The van der Waals surface area contributed by atoms with E-state index in [1.807, 2.05) is 23.8 Å². The molecule has 2 heterocycles. The molecule has 0 bridgehead atoms. The predicted octanol–water partition coefficient (Wildman–Crippen LogP) is 1.90. The molecule has 0 amide bonds. The molecule has 2 aromatic heterocycles. The molecule has 0 aliphatic heterocycles. The molecule has 0 saturated carbocycles. The second kappa shape index (κ2) is 5.49. The van der Waals surface area contributed by atoms with Crippen molar-refractivity contribution in [2.75, 3.05) is 7.11 Å². The van der Waals surface area contributed by atoms with Crippen LogP contribution in [0.25, 0.3) is 0 Å². The topological polar surface area (TPSA) is 60.2 Å². The molecule has 2 aromatic rings. The Morgan fingerprint density at radius 3 is 2.83 bits per heavy atom. The van der Waals surface area contributed by atoms with Crippen molar-refractivity contribution in [2.24, 2.45) is 0 Å². The van der Waals surface area contributed by atoms with Crippen molar-refractivity contribution < 1.29 is 9.84 Å². The van der Waals surface area contributed by atoms with Gasteiger partial charge in [-0.2, -0.15) is 0 Å². The molecule has 6 heteroatoms. The molecule has 0 spiro atoms. The molecular formula is C12H14BrN3O2. The fraction of sp³-hybridized carbons (Fsp3) is 0.333. The Hall–Kier alpha value is -1.40. The zero-order valence-corrected chi connectivity index (χ0v) is 11.8. The lowest BCUT2D eigenvalue weighted by Crippen LogP contribution is -2.02. The number of aliphatic hydroxyl groups is 1. The van der Waals surface area contributed by atoms with E-state index >= 15 is 0 Å². The molecule has 0 saturated heterocycles. The number of methoxy groups -OCH3 is 1. The molecule has 0 fully saturated rings. The Morgan fingerprint density at radius 2 is 2.28 bits per heavy atom. The first-order chi connectivity index (χ1) is 8.63. The summed E-state index contributed by atoms with van der Waals surface area (Å²) in [6.07, 6.45) is 3.61. The summed E-state index contributed by atoms with van der Waals surface area (Å²) < 4.78 is 7.88. The Morgan fingerprint density at radius 1 is 1.50 bits per heavy atom. The molecular weight excluding hydrogens is 298 g/mol. The van der Waals surface area contributed by atoms with Crippen LogP contribution in [0, 0.1) is 6.92 Å². The summed E-state index contributed by atoms with van der Waals surface area (Å²) in [5.41, 5.74) is 1.71. The van der Waals surface area contributed by atoms with Crippen molar-refractivity contribution in [1.29, 1.82) is 0 Å². The maximum atomic E-state index is 9.04. The van der Waals surface area contributed by atoms with Gasteiger partial charge in [0.05, 0.1) is 30.4 Å². The van der Waals surface area contributed by atoms with Gasteiger partial charge in [-0.05, 0) is 34.5 Å². The zero-order chi connectivity index (χ0) is 13.1. The summed E-state index contributed by atoms with van der Waals surface area (Å²) in [5.74, 6) is 1.43. The number of imidazole rings is 1. The molecule has 0 atom stereocenters. The lowest BCUT2D eigenvalue weighted by Gasteiger charge is -2.07. The van der Waals surface area contributed by atoms with E-state index in [1.165, 1.54) is 0 Å². The highest BCUT2D eigenvalue weighted by molar-refractivity contribution is 9.10. The van der Waals surface area contributed by atoms with Gasteiger partial charge in [0.15, 0.2) is 0 Å². The van der Waals surface area contributed by atoms with Crippen molar-refractivity contribution in [2.45, 2.75) is 20.1 Å². The SMILES string of the molecule is COc1ncc(Cn2cc(CO)nc2C)cc1Br. The third-order valence-corrected chi connectivity index (χ3v) is 3.17. The third-order valence-electron chi connectivity index (χ3n) is 2.60. The van der Waals surface area contributed by atoms with Crippen LogP contribution in [0.5, 0.6) is 5.88 Å². The van der Waals surface area contributed by atoms with E-state index in [0.717, 1.165) is 15.9 Å². The summed E-state index contributed by atoms with van der Waals surface area (Å²) in [7, 11) is 1.58. The van der Waals surface area contributed by atoms with Crippen LogP contribution in [-0.4, -0.2) is 26.8 Å². The second-order valence-electron chi connectivity index (χ2n) is 3.90. The lowest BCUT2D eigenvalue weighted by molar-refractivity contribution is 0.277. The fourth-order valence-electron chi connectivity index (χ4n) is 1.71. The monoisotopic (exact) mass is 311 g/mol. The van der Waals surface area contributed by atoms with Gasteiger partial charge in [0.25, 0.3) is 0 Å². The molecule has 0 aromatic carbocycles. The number of hydrogen-bond donors (Lipinski definition) is 1. The van der Waals surface area contributed by atoms with Crippen LogP contribution in [0.2, 0.25) is 0 Å². The van der Waals surface area contributed by atoms with Gasteiger partial charge in [-0.3, -0.25) is 0 Å². The van der Waals surface area contributed by atoms with E-state index in [1.54, 1.807) is 13.3 Å². The number of halogens is 1. The number of nitrogens with zero attached hydrogens (tertiary/aromatic N) is 3. The van der Waals surface area contributed by atoms with Crippen LogP contribution >= 0.6 is 15.9 Å². The highest BCUT2D eigenvalue weighted by atomic mass is 79.9. The largest absolute Gasteiger partial charge is 0.480 e. The van der Waals surface area contributed by atoms with Crippen molar-refractivity contribution >= 4 is 15.9 Å². The maximum Gasteiger partial charge on any atom is 0.227 e. The average molecular weight is 312 g/mol. The smallest absolute Gasteiger partial charge is 0.227 e. The number of pyridine rings is 1. The van der Waals surface area contributed by atoms with Gasteiger partial charge in [0.1, 0.15) is 5.82 Å². The van der Waals surface area contributed by atoms with Gasteiger partial charge >= 0.3 is 0 Å². The Bertz CT molecular complexity index is 554. The number of hydrogen-bond acceptors (Lipinski definition) is 4. The number of aryl methyl sites for hydroxylation is 1. The van der Waals surface area contributed by atoms with Gasteiger partial charge in [-0.25, -0.2) is 9.97 Å². The minimum Gasteiger partial charge on any atom is -0.480 e. The second-order valence-corrected chi connectivity index (χ2v) is 4.75. The van der Waals surface area contributed by atoms with E-state index in [9.17, 15) is 0 Å². The van der Waals surface area contributed by atoms with Gasteiger partial charge in [-0.15, -0.1) is 0 Å². The minimum atomic E-state index is -0.0433. The first-order valence-electron chi connectivity index (χ1n) is 5.46. The molecule has 0 aliphatic rings. The predicted molar refractivity (Wildman–Crippen MR) is 70.5 cm³/mol. The van der Waals surface area contributed by atoms with Crippen LogP contribution in [0.3, 0.4) is 0 Å². The van der Waals surface area contributed by atoms with Crippen LogP contribution < -0.4 is 4.74 Å². The molecule has 2 rings (SSSR count). The first kappa shape index (κ1) is 13.0. The van der Waals surface area contributed by atoms with Crippen molar-refractivity contribution in [3.63, 3.8) is 0 Å². The van der Waals surface area contributed by atoms with Crippen LogP contribution in [0.4, 0.5) is 0 Å². The van der Waals surface area contributed by atoms with Crippen molar-refractivity contribution in [1.82, 2.24) is 14.5 Å². The van der Waals surface area contributed by atoms with Gasteiger partial charge in [0, 0.05) is 12.4 Å². The maximum absolute atomic E-state index is 9.04. The summed E-state index contributed by atoms with van der Waals surface area (Å²) in [5, 5.41) is 9.04. The highest BCUT2D eigenvalue weighted by Crippen LogP contribution is 2.23. The number of aromatic nitrogens is 3. The Balaban J connectivity index is 2.22. The summed E-state index contributed by atoms with van der Waals surface area (Å²) in [4.78, 5) is 8.43. The fourth-order valence-corrected chi connectivity index (χ4v) is 2.27. The molecule has 18 heavy (non-hydrogen) atoms. The molecule has 1 N–H and O–H groups in total.